The molecule has 2 aliphatic rings. The molecule has 1 aliphatic carbocycles. The number of nitrogens with zero attached hydrogens (tertiary/aromatic N) is 1. The quantitative estimate of drug-likeness (QED) is 0.496. The number of unbranched alkanes of at least 4 members (excludes halogenated alkanes) is 1. The van der Waals surface area contributed by atoms with Crippen LogP contribution in [-0.2, 0) is 15.1 Å². The van der Waals surface area contributed by atoms with Crippen molar-refractivity contribution in [3.63, 3.8) is 0 Å². The second kappa shape index (κ2) is 11.7. The van der Waals surface area contributed by atoms with Gasteiger partial charge in [0.05, 0.1) is 5.60 Å². The minimum Gasteiger partial charge on any atom is -0.385 e. The predicted octanol–water partition coefficient (Wildman–Crippen LogP) is 5.03. The van der Waals surface area contributed by atoms with Crippen LogP contribution in [0.1, 0.15) is 62.5 Å². The van der Waals surface area contributed by atoms with E-state index in [4.69, 9.17) is 10.5 Å². The van der Waals surface area contributed by atoms with E-state index in [9.17, 15) is 9.90 Å². The summed E-state index contributed by atoms with van der Waals surface area (Å²) in [5.74, 6) is 0.262. The number of rotatable bonds is 9. The number of piperidine rings is 1. The maximum Gasteiger partial charge on any atom is 0.225 e. The van der Waals surface area contributed by atoms with Gasteiger partial charge in [-0.2, -0.15) is 0 Å². The number of amides is 1. The van der Waals surface area contributed by atoms with E-state index in [0.717, 1.165) is 68.2 Å². The van der Waals surface area contributed by atoms with E-state index in [1.165, 1.54) is 5.56 Å². The van der Waals surface area contributed by atoms with Gasteiger partial charge in [-0.25, -0.2) is 0 Å². The Labute approximate surface area is 210 Å². The second-order valence-electron chi connectivity index (χ2n) is 10.7. The van der Waals surface area contributed by atoms with Gasteiger partial charge >= 0.3 is 0 Å². The first kappa shape index (κ1) is 25.9. The van der Waals surface area contributed by atoms with E-state index < -0.39 is 5.60 Å². The number of hydrogen-bond acceptors (Lipinski definition) is 4. The Morgan fingerprint density at radius 3 is 2.71 bits per heavy atom. The molecule has 5 heteroatoms. The zero-order valence-electron chi connectivity index (χ0n) is 21.4. The molecule has 1 saturated carbocycles. The molecule has 2 aromatic carbocycles. The van der Waals surface area contributed by atoms with Gasteiger partial charge in [-0.1, -0.05) is 54.1 Å². The number of nitrogens with two attached hydrogens (primary N) is 1. The molecule has 1 aliphatic heterocycles. The third-order valence-electron chi connectivity index (χ3n) is 8.11. The number of aryl methyl sites for hydroxylation is 1. The van der Waals surface area contributed by atoms with Gasteiger partial charge in [-0.15, -0.1) is 0 Å². The molecule has 0 radical (unpaired) electrons. The fourth-order valence-electron chi connectivity index (χ4n) is 6.19. The van der Waals surface area contributed by atoms with Gasteiger partial charge in [-0.05, 0) is 75.0 Å². The first-order valence-corrected chi connectivity index (χ1v) is 13.3. The van der Waals surface area contributed by atoms with E-state index in [1.54, 1.807) is 7.11 Å². The lowest BCUT2D eigenvalue weighted by molar-refractivity contribution is -0.140. The monoisotopic (exact) mass is 478 g/mol. The molecule has 1 amide bonds. The van der Waals surface area contributed by atoms with Crippen LogP contribution >= 0.6 is 0 Å². The van der Waals surface area contributed by atoms with Gasteiger partial charge in [0.15, 0.2) is 0 Å². The molecule has 2 aromatic rings. The SMILES string of the molecule is COCCCC[C@@](O)(c1ccccc1-c1cccc(C)c1)C1CCCN(C(=O)[C@@H]2CC[C@H](N)C2)C1. The lowest BCUT2D eigenvalue weighted by Crippen LogP contribution is -2.49. The molecule has 0 spiro atoms. The molecule has 1 unspecified atom stereocenters. The van der Waals surface area contributed by atoms with Crippen LogP contribution in [0.5, 0.6) is 0 Å². The Kier molecular flexibility index (Phi) is 8.64. The number of carbonyl (C=O) groups excluding carboxylic acids is 1. The van der Waals surface area contributed by atoms with Crippen LogP contribution < -0.4 is 5.73 Å². The van der Waals surface area contributed by atoms with E-state index in [0.29, 0.717) is 19.6 Å². The van der Waals surface area contributed by atoms with Crippen LogP contribution in [0, 0.1) is 18.8 Å². The largest absolute Gasteiger partial charge is 0.385 e. The van der Waals surface area contributed by atoms with Gasteiger partial charge in [0.25, 0.3) is 0 Å². The number of likely N-dealkylation sites (tertiary alicyclic amines) is 1. The lowest BCUT2D eigenvalue weighted by Gasteiger charge is -2.44. The Balaban J connectivity index is 1.65. The summed E-state index contributed by atoms with van der Waals surface area (Å²) >= 11 is 0. The lowest BCUT2D eigenvalue weighted by atomic mass is 9.72. The molecule has 5 nitrogen and oxygen atoms in total. The molecule has 4 atom stereocenters. The highest BCUT2D eigenvalue weighted by Gasteiger charge is 2.43. The topological polar surface area (TPSA) is 75.8 Å². The van der Waals surface area contributed by atoms with Gasteiger partial charge in [-0.3, -0.25) is 4.79 Å². The number of benzene rings is 2. The van der Waals surface area contributed by atoms with Crippen LogP contribution in [-0.4, -0.2) is 48.8 Å². The van der Waals surface area contributed by atoms with Crippen molar-refractivity contribution >= 4 is 5.91 Å². The summed E-state index contributed by atoms with van der Waals surface area (Å²) in [6.45, 7) is 4.17. The van der Waals surface area contributed by atoms with Gasteiger partial charge in [0.1, 0.15) is 0 Å². The highest BCUT2D eigenvalue weighted by molar-refractivity contribution is 5.79. The van der Waals surface area contributed by atoms with E-state index in [-0.39, 0.29) is 23.8 Å². The number of carbonyl (C=O) groups is 1. The zero-order chi connectivity index (χ0) is 24.8. The molecule has 3 N–H and O–H groups in total. The van der Waals surface area contributed by atoms with Gasteiger partial charge in [0.2, 0.25) is 5.91 Å². The predicted molar refractivity (Wildman–Crippen MR) is 141 cm³/mol. The van der Waals surface area contributed by atoms with Crippen LogP contribution in [0.3, 0.4) is 0 Å². The maximum absolute atomic E-state index is 13.4. The van der Waals surface area contributed by atoms with Gasteiger partial charge in [0, 0.05) is 44.7 Å². The summed E-state index contributed by atoms with van der Waals surface area (Å²) < 4.78 is 5.28. The molecule has 1 saturated heterocycles. The molecule has 4 rings (SSSR count). The molecule has 2 fully saturated rings. The van der Waals surface area contributed by atoms with Crippen LogP contribution in [0.2, 0.25) is 0 Å². The second-order valence-corrected chi connectivity index (χ2v) is 10.7. The molecule has 35 heavy (non-hydrogen) atoms. The normalized spacial score (nSPS) is 24.3. The third-order valence-corrected chi connectivity index (χ3v) is 8.11. The highest BCUT2D eigenvalue weighted by atomic mass is 16.5. The van der Waals surface area contributed by atoms with Crippen LogP contribution in [0.4, 0.5) is 0 Å². The molecule has 1 heterocycles. The molecular formula is C30H42N2O3. The van der Waals surface area contributed by atoms with E-state index in [2.05, 4.69) is 43.3 Å². The van der Waals surface area contributed by atoms with Crippen molar-refractivity contribution in [2.75, 3.05) is 26.8 Å². The van der Waals surface area contributed by atoms with Crippen LogP contribution in [0.25, 0.3) is 11.1 Å². The summed E-state index contributed by atoms with van der Waals surface area (Å²) in [7, 11) is 1.72. The zero-order valence-corrected chi connectivity index (χ0v) is 21.4. The van der Waals surface area contributed by atoms with Gasteiger partial charge < -0.3 is 20.5 Å². The number of ether oxygens (including phenoxy) is 1. The first-order valence-electron chi connectivity index (χ1n) is 13.3. The van der Waals surface area contributed by atoms with Crippen LogP contribution in [0.15, 0.2) is 48.5 Å². The first-order chi connectivity index (χ1) is 16.9. The Hall–Kier alpha value is -2.21. The minimum absolute atomic E-state index is 0.0104. The summed E-state index contributed by atoms with van der Waals surface area (Å²) in [6.07, 6.45) is 6.87. The van der Waals surface area contributed by atoms with E-state index in [1.807, 2.05) is 17.0 Å². The van der Waals surface area contributed by atoms with E-state index >= 15 is 0 Å². The molecule has 0 aromatic heterocycles. The average Bonchev–Trinajstić information content (AvgIpc) is 3.32. The van der Waals surface area contributed by atoms with Crippen molar-refractivity contribution in [3.8, 4) is 11.1 Å². The number of aliphatic hydroxyl groups is 1. The van der Waals surface area contributed by atoms with Crippen molar-refractivity contribution in [1.82, 2.24) is 4.90 Å². The van der Waals surface area contributed by atoms with Crippen molar-refractivity contribution in [1.29, 1.82) is 0 Å². The highest BCUT2D eigenvalue weighted by Crippen LogP contribution is 2.44. The number of hydrogen-bond donors (Lipinski definition) is 2. The Bertz CT molecular complexity index is 993. The average molecular weight is 479 g/mol. The maximum atomic E-state index is 13.4. The molecule has 190 valence electrons. The fraction of sp³-hybridized carbons (Fsp3) is 0.567. The van der Waals surface area contributed by atoms with Crippen molar-refractivity contribution < 1.29 is 14.6 Å². The molecule has 0 bridgehead atoms. The third kappa shape index (κ3) is 5.96. The van der Waals surface area contributed by atoms with Crippen molar-refractivity contribution in [2.45, 2.75) is 69.9 Å². The van der Waals surface area contributed by atoms with Crippen molar-refractivity contribution in [3.05, 3.63) is 59.7 Å². The summed E-state index contributed by atoms with van der Waals surface area (Å²) in [4.78, 5) is 15.4. The number of methoxy groups -OCH3 is 1. The summed E-state index contributed by atoms with van der Waals surface area (Å²) in [6, 6.07) is 16.9. The Morgan fingerprint density at radius 1 is 1.14 bits per heavy atom. The smallest absolute Gasteiger partial charge is 0.225 e. The fourth-order valence-corrected chi connectivity index (χ4v) is 6.19. The molecular weight excluding hydrogens is 436 g/mol. The summed E-state index contributed by atoms with van der Waals surface area (Å²) in [5, 5.41) is 12.5. The standard InChI is InChI=1S/C30H42N2O3/c1-22-9-7-10-23(19-22)27-12-3-4-13-28(27)30(34,16-5-6-18-35-2)25-11-8-17-32(21-25)29(33)24-14-15-26(31)20-24/h3-4,7,9-10,12-13,19,24-26,34H,5-6,8,11,14-18,20-21,31H2,1-2H3/t24-,25?,26+,30+/m1/s1. The Morgan fingerprint density at radius 2 is 1.97 bits per heavy atom. The minimum atomic E-state index is -1.01. The summed E-state index contributed by atoms with van der Waals surface area (Å²) in [5.41, 5.74) is 9.47. The van der Waals surface area contributed by atoms with Crippen molar-refractivity contribution in [2.24, 2.45) is 17.6 Å².